The van der Waals surface area contributed by atoms with Gasteiger partial charge in [-0.15, -0.1) is 0 Å². The van der Waals surface area contributed by atoms with Crippen LogP contribution in [0.25, 0.3) is 22.3 Å². The van der Waals surface area contributed by atoms with Gasteiger partial charge in [0.25, 0.3) is 5.56 Å². The van der Waals surface area contributed by atoms with Gasteiger partial charge >= 0.3 is 5.69 Å². The quantitative estimate of drug-likeness (QED) is 0.430. The highest BCUT2D eigenvalue weighted by atomic mass is 16.6. The van der Waals surface area contributed by atoms with E-state index in [1.807, 2.05) is 6.07 Å². The molecule has 0 aliphatic heterocycles. The number of aromatic amines is 1. The Bertz CT molecular complexity index is 1200. The summed E-state index contributed by atoms with van der Waals surface area (Å²) in [5.41, 5.74) is 0.962. The first-order valence-corrected chi connectivity index (χ1v) is 7.99. The number of rotatable bonds is 5. The smallest absolute Gasteiger partial charge is 0.307 e. The molecule has 0 saturated carbocycles. The fourth-order valence-corrected chi connectivity index (χ4v) is 2.61. The molecular formula is C18H13N5O4. The van der Waals surface area contributed by atoms with E-state index in [4.69, 9.17) is 4.74 Å². The van der Waals surface area contributed by atoms with Gasteiger partial charge in [-0.25, -0.2) is 9.67 Å². The van der Waals surface area contributed by atoms with Crippen LogP contribution >= 0.6 is 0 Å². The predicted molar refractivity (Wildman–Crippen MR) is 97.3 cm³/mol. The Kier molecular flexibility index (Phi) is 4.09. The number of para-hydroxylation sites is 1. The van der Waals surface area contributed by atoms with E-state index in [0.717, 1.165) is 6.20 Å². The molecule has 27 heavy (non-hydrogen) atoms. The number of ether oxygens (including phenoxy) is 1. The van der Waals surface area contributed by atoms with Crippen molar-refractivity contribution in [1.29, 1.82) is 0 Å². The first-order valence-electron chi connectivity index (χ1n) is 7.99. The third kappa shape index (κ3) is 3.38. The fourth-order valence-electron chi connectivity index (χ4n) is 2.61. The Balaban J connectivity index is 1.59. The first kappa shape index (κ1) is 16.5. The van der Waals surface area contributed by atoms with E-state index in [1.54, 1.807) is 42.5 Å². The van der Waals surface area contributed by atoms with Gasteiger partial charge in [-0.2, -0.15) is 5.10 Å². The number of hydrogen-bond donors (Lipinski definition) is 1. The van der Waals surface area contributed by atoms with Gasteiger partial charge in [0.1, 0.15) is 24.0 Å². The predicted octanol–water partition coefficient (Wildman–Crippen LogP) is 2.73. The van der Waals surface area contributed by atoms with Crippen LogP contribution in [0, 0.1) is 10.1 Å². The summed E-state index contributed by atoms with van der Waals surface area (Å²) in [6.07, 6.45) is 2.44. The number of H-pyrrole nitrogens is 1. The number of fused-ring (bicyclic) bond motifs is 1. The molecule has 0 aliphatic carbocycles. The lowest BCUT2D eigenvalue weighted by molar-refractivity contribution is -0.385. The molecular weight excluding hydrogens is 350 g/mol. The molecule has 0 unspecified atom stereocenters. The molecule has 9 nitrogen and oxygen atoms in total. The molecule has 4 aromatic rings. The van der Waals surface area contributed by atoms with Crippen LogP contribution in [0.3, 0.4) is 0 Å². The highest BCUT2D eigenvalue weighted by Gasteiger charge is 2.10. The molecule has 0 aliphatic rings. The second-order valence-corrected chi connectivity index (χ2v) is 5.73. The minimum Gasteiger partial charge on any atom is -0.471 e. The minimum atomic E-state index is -0.522. The first-order chi connectivity index (χ1) is 13.1. The summed E-state index contributed by atoms with van der Waals surface area (Å²) in [4.78, 5) is 29.7. The SMILES string of the molecule is O=c1[nH]c(-c2cccc(OCn3cc([N+](=O)[O-])cn3)c2)nc2ccccc12. The molecule has 4 rings (SSSR count). The Labute approximate surface area is 152 Å². The number of nitro groups is 1. The highest BCUT2D eigenvalue weighted by Crippen LogP contribution is 2.22. The molecule has 2 aromatic heterocycles. The number of aromatic nitrogens is 4. The van der Waals surface area contributed by atoms with Gasteiger partial charge < -0.3 is 9.72 Å². The third-order valence-electron chi connectivity index (χ3n) is 3.91. The van der Waals surface area contributed by atoms with E-state index in [-0.39, 0.29) is 18.0 Å². The van der Waals surface area contributed by atoms with Crippen molar-refractivity contribution in [3.05, 3.63) is 81.4 Å². The summed E-state index contributed by atoms with van der Waals surface area (Å²) in [6, 6.07) is 14.1. The van der Waals surface area contributed by atoms with Crippen molar-refractivity contribution in [2.75, 3.05) is 0 Å². The Morgan fingerprint density at radius 2 is 2.04 bits per heavy atom. The molecule has 9 heteroatoms. The van der Waals surface area contributed by atoms with Crippen molar-refractivity contribution >= 4 is 16.6 Å². The van der Waals surface area contributed by atoms with Gasteiger partial charge in [0.2, 0.25) is 0 Å². The van der Waals surface area contributed by atoms with Gasteiger partial charge in [-0.3, -0.25) is 14.9 Å². The number of nitrogens with one attached hydrogen (secondary N) is 1. The van der Waals surface area contributed by atoms with Crippen LogP contribution in [0.5, 0.6) is 5.75 Å². The van der Waals surface area contributed by atoms with Gasteiger partial charge in [-0.05, 0) is 24.3 Å². The summed E-state index contributed by atoms with van der Waals surface area (Å²) in [6.45, 7) is 0.0129. The summed E-state index contributed by atoms with van der Waals surface area (Å²) in [7, 11) is 0. The summed E-state index contributed by atoms with van der Waals surface area (Å²) in [5.74, 6) is 0.945. The second-order valence-electron chi connectivity index (χ2n) is 5.73. The molecule has 1 N–H and O–H groups in total. The average molecular weight is 363 g/mol. The third-order valence-corrected chi connectivity index (χ3v) is 3.91. The second kappa shape index (κ2) is 6.71. The Hall–Kier alpha value is -4.01. The van der Waals surface area contributed by atoms with Crippen molar-refractivity contribution in [2.24, 2.45) is 0 Å². The summed E-state index contributed by atoms with van der Waals surface area (Å²) >= 11 is 0. The Morgan fingerprint density at radius 1 is 1.19 bits per heavy atom. The van der Waals surface area contributed by atoms with Crippen LogP contribution in [-0.4, -0.2) is 24.7 Å². The van der Waals surface area contributed by atoms with E-state index in [1.165, 1.54) is 10.9 Å². The topological polar surface area (TPSA) is 116 Å². The van der Waals surface area contributed by atoms with Crippen LogP contribution in [0.2, 0.25) is 0 Å². The molecule has 0 fully saturated rings. The molecule has 2 aromatic carbocycles. The van der Waals surface area contributed by atoms with Crippen LogP contribution in [0.1, 0.15) is 0 Å². The maximum absolute atomic E-state index is 12.2. The maximum Gasteiger partial charge on any atom is 0.307 e. The fraction of sp³-hybridized carbons (Fsp3) is 0.0556. The summed E-state index contributed by atoms with van der Waals surface area (Å²) < 4.78 is 6.94. The van der Waals surface area contributed by atoms with E-state index in [9.17, 15) is 14.9 Å². The zero-order valence-electron chi connectivity index (χ0n) is 13.9. The number of hydrogen-bond acceptors (Lipinski definition) is 6. The molecule has 0 atom stereocenters. The minimum absolute atomic E-state index is 0.0129. The number of nitrogens with zero attached hydrogens (tertiary/aromatic N) is 4. The van der Waals surface area contributed by atoms with Crippen LogP contribution in [-0.2, 0) is 6.73 Å². The molecule has 0 saturated heterocycles. The van der Waals surface area contributed by atoms with Crippen LogP contribution in [0.15, 0.2) is 65.7 Å². The average Bonchev–Trinajstić information content (AvgIpc) is 3.16. The zero-order chi connectivity index (χ0) is 18.8. The molecule has 134 valence electrons. The molecule has 2 heterocycles. The van der Waals surface area contributed by atoms with Crippen molar-refractivity contribution in [2.45, 2.75) is 6.73 Å². The van der Waals surface area contributed by atoms with Gasteiger partial charge in [-0.1, -0.05) is 24.3 Å². The molecule has 0 radical (unpaired) electrons. The van der Waals surface area contributed by atoms with Gasteiger partial charge in [0, 0.05) is 5.56 Å². The Morgan fingerprint density at radius 3 is 2.85 bits per heavy atom. The molecule has 0 amide bonds. The lowest BCUT2D eigenvalue weighted by Gasteiger charge is -2.08. The van der Waals surface area contributed by atoms with Crippen molar-refractivity contribution < 1.29 is 9.66 Å². The largest absolute Gasteiger partial charge is 0.471 e. The molecule has 0 spiro atoms. The van der Waals surface area contributed by atoms with E-state index in [2.05, 4.69) is 15.1 Å². The zero-order valence-corrected chi connectivity index (χ0v) is 13.9. The van der Waals surface area contributed by atoms with E-state index < -0.39 is 4.92 Å². The lowest BCUT2D eigenvalue weighted by Crippen LogP contribution is -2.09. The number of benzene rings is 2. The monoisotopic (exact) mass is 363 g/mol. The summed E-state index contributed by atoms with van der Waals surface area (Å²) in [5, 5.41) is 15.1. The van der Waals surface area contributed by atoms with Crippen LogP contribution < -0.4 is 10.3 Å². The normalized spacial score (nSPS) is 10.8. The van der Waals surface area contributed by atoms with E-state index in [0.29, 0.717) is 28.0 Å². The van der Waals surface area contributed by atoms with Crippen LogP contribution in [0.4, 0.5) is 5.69 Å². The molecule has 0 bridgehead atoms. The van der Waals surface area contributed by atoms with Gasteiger partial charge in [0.05, 0.1) is 15.8 Å². The maximum atomic E-state index is 12.2. The standard InChI is InChI=1S/C18H13N5O4/c24-18-15-6-1-2-7-16(15)20-17(21-18)12-4-3-5-14(8-12)27-11-22-10-13(9-19-22)23(25)26/h1-10H,11H2,(H,20,21,24). The van der Waals surface area contributed by atoms with Crippen molar-refractivity contribution in [3.63, 3.8) is 0 Å². The van der Waals surface area contributed by atoms with Gasteiger partial charge in [0.15, 0.2) is 6.73 Å². The van der Waals surface area contributed by atoms with Crippen molar-refractivity contribution in [3.8, 4) is 17.1 Å². The highest BCUT2D eigenvalue weighted by molar-refractivity contribution is 5.79. The van der Waals surface area contributed by atoms with E-state index >= 15 is 0 Å². The lowest BCUT2D eigenvalue weighted by atomic mass is 10.2. The van der Waals surface area contributed by atoms with Crippen molar-refractivity contribution in [1.82, 2.24) is 19.7 Å².